The lowest BCUT2D eigenvalue weighted by molar-refractivity contribution is -0.136. The molecule has 19 heteroatoms. The van der Waals surface area contributed by atoms with Crippen molar-refractivity contribution in [2.45, 2.75) is 50.7 Å². The molecule has 0 spiro atoms. The van der Waals surface area contributed by atoms with Gasteiger partial charge in [0, 0.05) is 79.1 Å². The number of para-hydroxylation sites is 1. The van der Waals surface area contributed by atoms with E-state index in [2.05, 4.69) is 47.5 Å². The van der Waals surface area contributed by atoms with Gasteiger partial charge in [-0.2, -0.15) is 4.98 Å². The lowest BCUT2D eigenvalue weighted by Crippen LogP contribution is -2.52. The summed E-state index contributed by atoms with van der Waals surface area (Å²) in [6.45, 7) is 10.1. The van der Waals surface area contributed by atoms with Crippen molar-refractivity contribution in [3.63, 3.8) is 0 Å². The molecule has 7 rings (SSSR count). The molecule has 2 saturated heterocycles. The molecule has 0 bridgehead atoms. The van der Waals surface area contributed by atoms with Crippen LogP contribution in [-0.4, -0.2) is 131 Å². The maximum atomic E-state index is 13.0. The first-order valence-electron chi connectivity index (χ1n) is 22.1. The Bertz CT molecular complexity index is 2340. The van der Waals surface area contributed by atoms with E-state index in [0.717, 1.165) is 55.8 Å². The molecule has 348 valence electrons. The summed E-state index contributed by atoms with van der Waals surface area (Å²) < 4.78 is 35.8. The van der Waals surface area contributed by atoms with Gasteiger partial charge in [0.1, 0.15) is 24.0 Å². The largest absolute Gasteiger partial charge is 0.494 e. The number of carbonyl (C=O) groups is 3. The number of nitrogens with one attached hydrogen (secondary N) is 5. The predicted octanol–water partition coefficient (Wildman–Crippen LogP) is 5.75. The summed E-state index contributed by atoms with van der Waals surface area (Å²) in [5.74, 6) is 0.487. The number of halogens is 1. The second-order valence-corrected chi connectivity index (χ2v) is 20.0. The maximum absolute atomic E-state index is 13.0. The number of benzene rings is 3. The first kappa shape index (κ1) is 47.7. The zero-order valence-electron chi connectivity index (χ0n) is 37.2. The van der Waals surface area contributed by atoms with E-state index in [-0.39, 0.29) is 18.2 Å². The van der Waals surface area contributed by atoms with Gasteiger partial charge in [-0.15, -0.1) is 0 Å². The third kappa shape index (κ3) is 12.7. The zero-order valence-corrected chi connectivity index (χ0v) is 38.8. The summed E-state index contributed by atoms with van der Waals surface area (Å²) in [6, 6.07) is 18.8. The van der Waals surface area contributed by atoms with E-state index in [0.29, 0.717) is 110 Å². The van der Waals surface area contributed by atoms with E-state index >= 15 is 0 Å². The Morgan fingerprint density at radius 1 is 0.846 bits per heavy atom. The minimum atomic E-state index is -2.55. The highest BCUT2D eigenvalue weighted by Gasteiger charge is 2.40. The molecule has 65 heavy (non-hydrogen) atoms. The van der Waals surface area contributed by atoms with Crippen molar-refractivity contribution in [1.29, 1.82) is 0 Å². The van der Waals surface area contributed by atoms with Crippen LogP contribution < -0.4 is 41.5 Å². The number of carbonyl (C=O) groups excluding carboxylic acids is 3. The summed E-state index contributed by atoms with van der Waals surface area (Å²) in [5, 5.41) is 16.9. The fraction of sp³-hybridized carbons (Fsp3) is 0.457. The van der Waals surface area contributed by atoms with Crippen LogP contribution in [0.25, 0.3) is 0 Å². The summed E-state index contributed by atoms with van der Waals surface area (Å²) in [4.78, 5) is 49.9. The quantitative estimate of drug-likeness (QED) is 0.0343. The SMILES string of the molecule is COc1cc(N2CCC(NCCCOCCOCCOCCNc3cccc4c3CN(C3CCC(=O)NC3=O)C4=O)CC2)ccc1Nc1ncc(Cl)c(Nc2ccccc2P(C)(C)=O)n1. The average Bonchev–Trinajstić information content (AvgIpc) is 3.63. The van der Waals surface area contributed by atoms with E-state index < -0.39 is 19.1 Å². The molecule has 4 aromatic rings. The Balaban J connectivity index is 0.724. The molecule has 0 aliphatic carbocycles. The molecular weight excluding hydrogens is 873 g/mol. The smallest absolute Gasteiger partial charge is 0.255 e. The van der Waals surface area contributed by atoms with Crippen LogP contribution in [0.4, 0.5) is 34.5 Å². The van der Waals surface area contributed by atoms with Crippen LogP contribution in [0.1, 0.15) is 48.0 Å². The first-order valence-corrected chi connectivity index (χ1v) is 25.1. The molecule has 3 aliphatic heterocycles. The van der Waals surface area contributed by atoms with Gasteiger partial charge < -0.3 is 54.6 Å². The third-order valence-electron chi connectivity index (χ3n) is 11.6. The summed E-state index contributed by atoms with van der Waals surface area (Å²) >= 11 is 6.46. The second kappa shape index (κ2) is 22.7. The number of rotatable bonds is 23. The molecule has 5 N–H and O–H groups in total. The minimum absolute atomic E-state index is 0.194. The number of fused-ring (bicyclic) bond motifs is 1. The number of amides is 3. The number of aromatic nitrogens is 2. The van der Waals surface area contributed by atoms with Gasteiger partial charge in [-0.05, 0) is 82.0 Å². The lowest BCUT2D eigenvalue weighted by atomic mass is 10.0. The molecule has 0 saturated carbocycles. The van der Waals surface area contributed by atoms with Crippen LogP contribution in [0.2, 0.25) is 5.02 Å². The van der Waals surface area contributed by atoms with Gasteiger partial charge in [-0.25, -0.2) is 4.98 Å². The minimum Gasteiger partial charge on any atom is -0.494 e. The van der Waals surface area contributed by atoms with Crippen LogP contribution in [0.5, 0.6) is 5.75 Å². The Hall–Kier alpha value is -5.29. The van der Waals surface area contributed by atoms with Crippen molar-refractivity contribution in [1.82, 2.24) is 25.5 Å². The van der Waals surface area contributed by atoms with Crippen LogP contribution in [0.15, 0.2) is 66.9 Å². The van der Waals surface area contributed by atoms with Crippen molar-refractivity contribution in [2.24, 2.45) is 0 Å². The van der Waals surface area contributed by atoms with E-state index in [1.165, 1.54) is 6.20 Å². The molecule has 1 unspecified atom stereocenters. The van der Waals surface area contributed by atoms with Gasteiger partial charge >= 0.3 is 0 Å². The summed E-state index contributed by atoms with van der Waals surface area (Å²) in [7, 11) is -0.906. The standard InChI is InChI=1S/C46H59ClN9O8P/c1-61-40-28-32(12-13-37(40)52-46-50-29-35(47)43(54-46)51-38-9-4-5-11-41(38)65(2,3)60)55-20-16-31(17-21-55)48-18-7-22-62-24-26-64-27-25-63-23-19-49-36-10-6-8-33-34(36)30-56(45(33)59)39-14-15-42(57)53-44(39)58/h4-6,8-13,28-29,31,39,48-49H,7,14-27,30H2,1-3H3,(H,53,57,58)(H2,50,51,52,54). The molecule has 3 aliphatic rings. The maximum Gasteiger partial charge on any atom is 0.255 e. The molecule has 17 nitrogen and oxygen atoms in total. The highest BCUT2D eigenvalue weighted by Crippen LogP contribution is 2.39. The molecule has 3 aromatic carbocycles. The number of ether oxygens (including phenoxy) is 4. The van der Waals surface area contributed by atoms with Crippen LogP contribution in [0, 0.1) is 0 Å². The van der Waals surface area contributed by atoms with Gasteiger partial charge in [0.05, 0.1) is 57.7 Å². The number of imide groups is 1. The molecule has 1 aromatic heterocycles. The Morgan fingerprint density at radius 2 is 1.58 bits per heavy atom. The summed E-state index contributed by atoms with van der Waals surface area (Å²) in [5.41, 5.74) is 4.74. The van der Waals surface area contributed by atoms with Crippen LogP contribution >= 0.6 is 18.7 Å². The monoisotopic (exact) mass is 931 g/mol. The molecule has 2 fully saturated rings. The van der Waals surface area contributed by atoms with Crippen molar-refractivity contribution >= 4 is 76.3 Å². The van der Waals surface area contributed by atoms with Gasteiger partial charge in [0.2, 0.25) is 17.8 Å². The number of hydrogen-bond acceptors (Lipinski definition) is 15. The number of piperidine rings is 2. The van der Waals surface area contributed by atoms with Crippen molar-refractivity contribution in [2.75, 3.05) is 107 Å². The lowest BCUT2D eigenvalue weighted by Gasteiger charge is -2.34. The van der Waals surface area contributed by atoms with Gasteiger partial charge in [-0.1, -0.05) is 29.8 Å². The van der Waals surface area contributed by atoms with E-state index in [9.17, 15) is 18.9 Å². The number of nitrogens with zero attached hydrogens (tertiary/aromatic N) is 4. The molecule has 0 radical (unpaired) electrons. The Labute approximate surface area is 385 Å². The highest BCUT2D eigenvalue weighted by molar-refractivity contribution is 7.70. The van der Waals surface area contributed by atoms with Gasteiger partial charge in [-0.3, -0.25) is 19.7 Å². The van der Waals surface area contributed by atoms with Crippen molar-refractivity contribution in [3.05, 3.63) is 83.0 Å². The van der Waals surface area contributed by atoms with Crippen LogP contribution in [-0.2, 0) is 34.9 Å². The average molecular weight is 932 g/mol. The van der Waals surface area contributed by atoms with Gasteiger partial charge in [0.15, 0.2) is 5.82 Å². The second-order valence-electron chi connectivity index (χ2n) is 16.5. The molecule has 1 atom stereocenters. The first-order chi connectivity index (χ1) is 31.5. The molecular formula is C46H59ClN9O8P. The molecule has 4 heterocycles. The fourth-order valence-corrected chi connectivity index (χ4v) is 9.46. The topological polar surface area (TPSA) is 198 Å². The normalized spacial score (nSPS) is 16.7. The number of hydrogen-bond donors (Lipinski definition) is 5. The van der Waals surface area contributed by atoms with Crippen molar-refractivity contribution in [3.8, 4) is 5.75 Å². The summed E-state index contributed by atoms with van der Waals surface area (Å²) in [6.07, 6.45) is 5.05. The Morgan fingerprint density at radius 3 is 2.34 bits per heavy atom. The van der Waals surface area contributed by atoms with E-state index in [1.807, 2.05) is 48.5 Å². The Kier molecular flexibility index (Phi) is 16.7. The van der Waals surface area contributed by atoms with Crippen molar-refractivity contribution < 1.29 is 37.9 Å². The van der Waals surface area contributed by atoms with Crippen LogP contribution in [0.3, 0.4) is 0 Å². The molecule has 3 amide bonds. The number of anilines is 6. The van der Waals surface area contributed by atoms with Gasteiger partial charge in [0.25, 0.3) is 5.91 Å². The van der Waals surface area contributed by atoms with E-state index in [4.69, 9.17) is 30.5 Å². The fourth-order valence-electron chi connectivity index (χ4n) is 8.17. The number of methoxy groups -OCH3 is 1. The van der Waals surface area contributed by atoms with E-state index in [1.54, 1.807) is 31.4 Å². The highest BCUT2D eigenvalue weighted by atomic mass is 35.5. The predicted molar refractivity (Wildman–Crippen MR) is 253 cm³/mol. The zero-order chi connectivity index (χ0) is 45.8. The third-order valence-corrected chi connectivity index (χ3v) is 13.4.